The molecule has 3 heteroatoms. The first kappa shape index (κ1) is 21.0. The summed E-state index contributed by atoms with van der Waals surface area (Å²) < 4.78 is 0. The van der Waals surface area contributed by atoms with Crippen LogP contribution in [0.1, 0.15) is 64.4 Å². The molecule has 4 aliphatic rings. The van der Waals surface area contributed by atoms with Crippen LogP contribution < -0.4 is 4.90 Å². The van der Waals surface area contributed by atoms with Gasteiger partial charge in [-0.25, -0.2) is 0 Å². The number of carbonyl (C=O) groups excluding carboxylic acids is 1. The van der Waals surface area contributed by atoms with Crippen LogP contribution in [0.25, 0.3) is 6.08 Å². The zero-order valence-electron chi connectivity index (χ0n) is 19.5. The van der Waals surface area contributed by atoms with Gasteiger partial charge in [-0.2, -0.15) is 0 Å². The van der Waals surface area contributed by atoms with Crippen molar-refractivity contribution in [3.05, 3.63) is 47.1 Å². The van der Waals surface area contributed by atoms with E-state index in [4.69, 9.17) is 0 Å². The molecule has 0 radical (unpaired) electrons. The van der Waals surface area contributed by atoms with Gasteiger partial charge in [0.1, 0.15) is 0 Å². The third-order valence-corrected chi connectivity index (χ3v) is 9.47. The SMILES string of the molecule is CN(C)c1ccc(/C=C2\C[C@H]3[C@@H]4CC=C5C[C@H](O)CC[C@]5(C)[C@H]4CC[C@]3(C)C2=O)cc1. The smallest absolute Gasteiger partial charge is 0.165 e. The van der Waals surface area contributed by atoms with Crippen LogP contribution in [0.15, 0.2) is 41.5 Å². The molecular weight excluding hydrogens is 382 g/mol. The van der Waals surface area contributed by atoms with Crippen LogP contribution >= 0.6 is 0 Å². The number of ketones is 1. The number of carbonyl (C=O) groups is 1. The molecule has 0 unspecified atom stereocenters. The van der Waals surface area contributed by atoms with E-state index in [2.05, 4.69) is 55.2 Å². The monoisotopic (exact) mass is 419 g/mol. The Morgan fingerprint density at radius 2 is 1.71 bits per heavy atom. The van der Waals surface area contributed by atoms with E-state index in [1.165, 1.54) is 11.3 Å². The molecule has 0 amide bonds. The number of hydrogen-bond donors (Lipinski definition) is 1. The van der Waals surface area contributed by atoms with Crippen LogP contribution in [0.4, 0.5) is 5.69 Å². The highest BCUT2D eigenvalue weighted by atomic mass is 16.3. The van der Waals surface area contributed by atoms with E-state index in [0.717, 1.165) is 56.1 Å². The van der Waals surface area contributed by atoms with Crippen molar-refractivity contribution in [2.24, 2.45) is 28.6 Å². The number of hydrogen-bond acceptors (Lipinski definition) is 3. The number of nitrogens with zero attached hydrogens (tertiary/aromatic N) is 1. The summed E-state index contributed by atoms with van der Waals surface area (Å²) in [7, 11) is 4.10. The van der Waals surface area contributed by atoms with E-state index < -0.39 is 0 Å². The molecule has 3 nitrogen and oxygen atoms in total. The molecule has 0 spiro atoms. The minimum atomic E-state index is -0.202. The summed E-state index contributed by atoms with van der Waals surface area (Å²) in [6.07, 6.45) is 11.5. The number of anilines is 1. The van der Waals surface area contributed by atoms with Gasteiger partial charge in [-0.1, -0.05) is 37.6 Å². The zero-order chi connectivity index (χ0) is 22.0. The van der Waals surface area contributed by atoms with E-state index in [9.17, 15) is 9.90 Å². The van der Waals surface area contributed by atoms with E-state index >= 15 is 0 Å². The molecule has 0 aromatic heterocycles. The molecule has 4 aliphatic carbocycles. The summed E-state index contributed by atoms with van der Waals surface area (Å²) in [5, 5.41) is 10.2. The summed E-state index contributed by atoms with van der Waals surface area (Å²) in [5.41, 5.74) is 4.86. The number of aliphatic hydroxyl groups is 1. The Labute approximate surface area is 187 Å². The van der Waals surface area contributed by atoms with Crippen molar-refractivity contribution < 1.29 is 9.90 Å². The molecule has 0 bridgehead atoms. The topological polar surface area (TPSA) is 40.5 Å². The molecule has 0 heterocycles. The van der Waals surface area contributed by atoms with Gasteiger partial charge in [0.25, 0.3) is 0 Å². The third-order valence-electron chi connectivity index (χ3n) is 9.47. The summed E-state index contributed by atoms with van der Waals surface area (Å²) in [6.45, 7) is 4.70. The largest absolute Gasteiger partial charge is 0.393 e. The minimum absolute atomic E-state index is 0.161. The van der Waals surface area contributed by atoms with E-state index in [1.54, 1.807) is 0 Å². The van der Waals surface area contributed by atoms with Gasteiger partial charge in [-0.15, -0.1) is 0 Å². The molecule has 1 aromatic rings. The van der Waals surface area contributed by atoms with Gasteiger partial charge < -0.3 is 10.0 Å². The molecule has 1 N–H and O–H groups in total. The fourth-order valence-corrected chi connectivity index (χ4v) is 7.51. The fourth-order valence-electron chi connectivity index (χ4n) is 7.51. The minimum Gasteiger partial charge on any atom is -0.393 e. The summed E-state index contributed by atoms with van der Waals surface area (Å²) in [6, 6.07) is 8.52. The molecule has 6 atom stereocenters. The number of aliphatic hydroxyl groups excluding tert-OH is 1. The summed E-state index contributed by atoms with van der Waals surface area (Å²) in [5.74, 6) is 2.09. The maximum atomic E-state index is 13.6. The zero-order valence-corrected chi connectivity index (χ0v) is 19.5. The Hall–Kier alpha value is -1.87. The Kier molecular flexibility index (Phi) is 4.97. The number of benzene rings is 1. The van der Waals surface area contributed by atoms with Gasteiger partial charge in [0.2, 0.25) is 0 Å². The van der Waals surface area contributed by atoms with E-state index in [1.807, 2.05) is 14.1 Å². The van der Waals surface area contributed by atoms with Crippen molar-refractivity contribution in [3.63, 3.8) is 0 Å². The normalized spacial score (nSPS) is 40.7. The van der Waals surface area contributed by atoms with Crippen molar-refractivity contribution in [1.82, 2.24) is 0 Å². The van der Waals surface area contributed by atoms with Crippen LogP contribution in [0.5, 0.6) is 0 Å². The first-order valence-electron chi connectivity index (χ1n) is 12.1. The van der Waals surface area contributed by atoms with Gasteiger partial charge in [-0.3, -0.25) is 4.79 Å². The summed E-state index contributed by atoms with van der Waals surface area (Å²) in [4.78, 5) is 15.7. The van der Waals surface area contributed by atoms with Crippen LogP contribution in [-0.4, -0.2) is 31.1 Å². The van der Waals surface area contributed by atoms with Gasteiger partial charge in [0.15, 0.2) is 5.78 Å². The molecule has 3 saturated carbocycles. The lowest BCUT2D eigenvalue weighted by Crippen LogP contribution is -2.50. The van der Waals surface area contributed by atoms with E-state index in [-0.39, 0.29) is 16.9 Å². The van der Waals surface area contributed by atoms with Crippen molar-refractivity contribution in [1.29, 1.82) is 0 Å². The predicted octanol–water partition coefficient (Wildman–Crippen LogP) is 5.64. The van der Waals surface area contributed by atoms with Gasteiger partial charge in [0.05, 0.1) is 6.10 Å². The van der Waals surface area contributed by atoms with Crippen LogP contribution in [0.3, 0.4) is 0 Å². The highest BCUT2D eigenvalue weighted by Gasteiger charge is 2.59. The second kappa shape index (κ2) is 7.33. The fraction of sp³-hybridized carbons (Fsp3) is 0.607. The molecule has 166 valence electrons. The quantitative estimate of drug-likeness (QED) is 0.498. The van der Waals surface area contributed by atoms with Crippen molar-refractivity contribution in [2.75, 3.05) is 19.0 Å². The predicted molar refractivity (Wildman–Crippen MR) is 127 cm³/mol. The Bertz CT molecular complexity index is 942. The molecule has 0 saturated heterocycles. The molecule has 5 rings (SSSR count). The molecular formula is C28H37NO2. The maximum Gasteiger partial charge on any atom is 0.165 e. The molecule has 3 fully saturated rings. The second-order valence-corrected chi connectivity index (χ2v) is 11.3. The van der Waals surface area contributed by atoms with E-state index in [0.29, 0.717) is 23.5 Å². The van der Waals surface area contributed by atoms with Crippen molar-refractivity contribution >= 4 is 17.5 Å². The first-order chi connectivity index (χ1) is 14.7. The maximum absolute atomic E-state index is 13.6. The van der Waals surface area contributed by atoms with Crippen LogP contribution in [0.2, 0.25) is 0 Å². The lowest BCUT2D eigenvalue weighted by molar-refractivity contribution is -0.130. The lowest BCUT2D eigenvalue weighted by atomic mass is 9.48. The summed E-state index contributed by atoms with van der Waals surface area (Å²) >= 11 is 0. The average Bonchev–Trinajstić information content (AvgIpc) is 2.99. The first-order valence-corrected chi connectivity index (χ1v) is 12.1. The van der Waals surface area contributed by atoms with Gasteiger partial charge >= 0.3 is 0 Å². The Morgan fingerprint density at radius 3 is 2.42 bits per heavy atom. The van der Waals surface area contributed by atoms with Crippen LogP contribution in [-0.2, 0) is 4.79 Å². The van der Waals surface area contributed by atoms with Crippen LogP contribution in [0, 0.1) is 28.6 Å². The Morgan fingerprint density at radius 1 is 1.00 bits per heavy atom. The number of Topliss-reactive ketones (excluding diaryl/α,β-unsaturated/α-hetero) is 1. The molecule has 0 aliphatic heterocycles. The molecule has 1 aromatic carbocycles. The van der Waals surface area contributed by atoms with Crippen molar-refractivity contribution in [2.45, 2.75) is 64.9 Å². The lowest BCUT2D eigenvalue weighted by Gasteiger charge is -2.56. The van der Waals surface area contributed by atoms with Crippen molar-refractivity contribution in [3.8, 4) is 0 Å². The second-order valence-electron chi connectivity index (χ2n) is 11.3. The highest BCUT2D eigenvalue weighted by Crippen LogP contribution is 2.64. The number of fused-ring (bicyclic) bond motifs is 5. The molecule has 31 heavy (non-hydrogen) atoms. The number of rotatable bonds is 2. The highest BCUT2D eigenvalue weighted by molar-refractivity contribution is 6.06. The third kappa shape index (κ3) is 3.23. The van der Waals surface area contributed by atoms with Gasteiger partial charge in [0, 0.05) is 25.2 Å². The van der Waals surface area contributed by atoms with Gasteiger partial charge in [-0.05, 0) is 97.5 Å². The Balaban J connectivity index is 1.44. The average molecular weight is 420 g/mol. The standard InChI is InChI=1S/C28H37NO2/c1-27-13-11-22(30)17-20(27)7-10-23-24(27)12-14-28(2)25(23)16-19(26(28)31)15-18-5-8-21(9-6-18)29(3)4/h5-9,15,22-25,30H,10-14,16-17H2,1-4H3/b19-15+/t22-,23-,24+,25+,27+,28+/m1/s1. The number of allylic oxidation sites excluding steroid dienone is 2.